The summed E-state index contributed by atoms with van der Waals surface area (Å²) in [6.45, 7) is 1.89. The fourth-order valence-corrected chi connectivity index (χ4v) is 2.48. The van der Waals surface area contributed by atoms with Crippen LogP contribution in [0.25, 0.3) is 10.8 Å². The smallest absolute Gasteiger partial charge is 0.0915 e. The second-order valence-electron chi connectivity index (χ2n) is 4.27. The molecule has 0 aromatic heterocycles. The topological polar surface area (TPSA) is 20.2 Å². The van der Waals surface area contributed by atoms with Crippen LogP contribution in [0.3, 0.4) is 0 Å². The van der Waals surface area contributed by atoms with Gasteiger partial charge in [0.2, 0.25) is 0 Å². The maximum absolute atomic E-state index is 10.2. The highest BCUT2D eigenvalue weighted by atomic mass is 16.3. The molecule has 1 N–H and O–H groups in total. The minimum Gasteiger partial charge on any atom is -0.385 e. The van der Waals surface area contributed by atoms with E-state index in [1.807, 2.05) is 19.1 Å². The van der Waals surface area contributed by atoms with Gasteiger partial charge < -0.3 is 5.11 Å². The van der Waals surface area contributed by atoms with Gasteiger partial charge in [0.05, 0.1) is 5.60 Å². The molecule has 2 aromatic carbocycles. The molecule has 1 nitrogen and oxygen atoms in total. The van der Waals surface area contributed by atoms with Gasteiger partial charge in [0.15, 0.2) is 0 Å². The van der Waals surface area contributed by atoms with Crippen LogP contribution in [0.1, 0.15) is 18.1 Å². The molecule has 1 aliphatic rings. The highest BCUT2D eigenvalue weighted by Gasteiger charge is 2.32. The molecule has 0 radical (unpaired) electrons. The number of aliphatic hydroxyl groups is 1. The molecule has 0 spiro atoms. The van der Waals surface area contributed by atoms with Gasteiger partial charge in [-0.3, -0.25) is 0 Å². The Labute approximate surface area is 83.0 Å². The summed E-state index contributed by atoms with van der Waals surface area (Å²) in [5.41, 5.74) is 1.66. The molecule has 70 valence electrons. The van der Waals surface area contributed by atoms with E-state index in [1.54, 1.807) is 0 Å². The maximum atomic E-state index is 10.2. The van der Waals surface area contributed by atoms with E-state index in [0.29, 0.717) is 0 Å². The molecule has 0 fully saturated rings. The van der Waals surface area contributed by atoms with Gasteiger partial charge in [0, 0.05) is 6.42 Å². The highest BCUT2D eigenvalue weighted by Crippen LogP contribution is 2.40. The van der Waals surface area contributed by atoms with Crippen molar-refractivity contribution in [2.24, 2.45) is 0 Å². The Hall–Kier alpha value is -1.34. The summed E-state index contributed by atoms with van der Waals surface area (Å²) in [5, 5.41) is 12.7. The van der Waals surface area contributed by atoms with Crippen molar-refractivity contribution in [3.8, 4) is 0 Å². The fourth-order valence-electron chi connectivity index (χ4n) is 2.48. The first kappa shape index (κ1) is 8.01. The Morgan fingerprint density at radius 1 is 1.14 bits per heavy atom. The van der Waals surface area contributed by atoms with E-state index < -0.39 is 5.60 Å². The minimum atomic E-state index is -0.677. The molecular formula is C13H12O. The van der Waals surface area contributed by atoms with Crippen molar-refractivity contribution in [1.29, 1.82) is 0 Å². The maximum Gasteiger partial charge on any atom is 0.0915 e. The van der Waals surface area contributed by atoms with Crippen molar-refractivity contribution in [2.45, 2.75) is 18.9 Å². The van der Waals surface area contributed by atoms with Gasteiger partial charge in [0.1, 0.15) is 0 Å². The normalized spacial score (nSPS) is 24.4. The van der Waals surface area contributed by atoms with Crippen LogP contribution in [0.5, 0.6) is 0 Å². The average molecular weight is 184 g/mol. The molecule has 1 atom stereocenters. The van der Waals surface area contributed by atoms with Gasteiger partial charge in [0.25, 0.3) is 0 Å². The monoisotopic (exact) mass is 184 g/mol. The van der Waals surface area contributed by atoms with Crippen molar-refractivity contribution in [2.75, 3.05) is 0 Å². The van der Waals surface area contributed by atoms with Crippen molar-refractivity contribution in [3.05, 3.63) is 47.5 Å². The third-order valence-electron chi connectivity index (χ3n) is 3.11. The second-order valence-corrected chi connectivity index (χ2v) is 4.27. The zero-order valence-corrected chi connectivity index (χ0v) is 8.12. The first-order chi connectivity index (χ1) is 6.68. The van der Waals surface area contributed by atoms with E-state index in [1.165, 1.54) is 16.3 Å². The van der Waals surface area contributed by atoms with E-state index >= 15 is 0 Å². The standard InChI is InChI=1S/C13H12O/c1-13(14)8-10-6-2-4-9-5-3-7-11(13)12(9)10/h2-7,14H,8H2,1H3. The SMILES string of the molecule is CC1(O)Cc2cccc3cccc1c23. The van der Waals surface area contributed by atoms with E-state index in [2.05, 4.69) is 24.3 Å². The van der Waals surface area contributed by atoms with Crippen LogP contribution >= 0.6 is 0 Å². The predicted octanol–water partition coefficient (Wildman–Crippen LogP) is 2.60. The summed E-state index contributed by atoms with van der Waals surface area (Å²) in [6.07, 6.45) is 0.740. The summed E-state index contributed by atoms with van der Waals surface area (Å²) in [6, 6.07) is 12.4. The van der Waals surface area contributed by atoms with Crippen LogP contribution in [0.2, 0.25) is 0 Å². The summed E-state index contributed by atoms with van der Waals surface area (Å²) in [7, 11) is 0. The number of benzene rings is 2. The van der Waals surface area contributed by atoms with Crippen LogP contribution in [-0.2, 0) is 12.0 Å². The molecule has 1 heteroatoms. The molecule has 0 heterocycles. The first-order valence-electron chi connectivity index (χ1n) is 4.92. The average Bonchev–Trinajstić information content (AvgIpc) is 2.41. The largest absolute Gasteiger partial charge is 0.385 e. The molecule has 0 saturated carbocycles. The lowest BCUT2D eigenvalue weighted by atomic mass is 9.97. The lowest BCUT2D eigenvalue weighted by Crippen LogP contribution is -2.19. The summed E-state index contributed by atoms with van der Waals surface area (Å²) in [4.78, 5) is 0. The molecule has 0 bridgehead atoms. The Balaban J connectivity index is 2.50. The first-order valence-corrected chi connectivity index (χ1v) is 4.92. The van der Waals surface area contributed by atoms with Crippen molar-refractivity contribution >= 4 is 10.8 Å². The molecule has 0 saturated heterocycles. The zero-order chi connectivity index (χ0) is 9.76. The Morgan fingerprint density at radius 3 is 2.64 bits per heavy atom. The molecule has 0 amide bonds. The van der Waals surface area contributed by atoms with Crippen LogP contribution < -0.4 is 0 Å². The molecule has 3 rings (SSSR count). The number of hydrogen-bond donors (Lipinski definition) is 1. The number of hydrogen-bond acceptors (Lipinski definition) is 1. The molecule has 2 aromatic rings. The molecule has 1 aliphatic carbocycles. The Kier molecular flexibility index (Phi) is 1.35. The fraction of sp³-hybridized carbons (Fsp3) is 0.231. The van der Waals surface area contributed by atoms with Crippen LogP contribution in [0.15, 0.2) is 36.4 Å². The van der Waals surface area contributed by atoms with Crippen molar-refractivity contribution in [3.63, 3.8) is 0 Å². The predicted molar refractivity (Wildman–Crippen MR) is 57.2 cm³/mol. The quantitative estimate of drug-likeness (QED) is 0.667. The minimum absolute atomic E-state index is 0.677. The van der Waals surface area contributed by atoms with E-state index in [4.69, 9.17) is 0 Å². The lowest BCUT2D eigenvalue weighted by Gasteiger charge is -2.17. The van der Waals surface area contributed by atoms with Crippen molar-refractivity contribution < 1.29 is 5.11 Å². The highest BCUT2D eigenvalue weighted by molar-refractivity contribution is 5.91. The van der Waals surface area contributed by atoms with Gasteiger partial charge >= 0.3 is 0 Å². The van der Waals surface area contributed by atoms with Crippen LogP contribution in [0, 0.1) is 0 Å². The zero-order valence-electron chi connectivity index (χ0n) is 8.12. The summed E-state index contributed by atoms with van der Waals surface area (Å²) < 4.78 is 0. The summed E-state index contributed by atoms with van der Waals surface area (Å²) >= 11 is 0. The third-order valence-corrected chi connectivity index (χ3v) is 3.11. The lowest BCUT2D eigenvalue weighted by molar-refractivity contribution is 0.0646. The van der Waals surface area contributed by atoms with Crippen molar-refractivity contribution in [1.82, 2.24) is 0 Å². The molecule has 14 heavy (non-hydrogen) atoms. The van der Waals surface area contributed by atoms with Gasteiger partial charge in [-0.25, -0.2) is 0 Å². The van der Waals surface area contributed by atoms with Crippen LogP contribution in [-0.4, -0.2) is 5.11 Å². The second kappa shape index (κ2) is 2.37. The van der Waals surface area contributed by atoms with E-state index in [-0.39, 0.29) is 0 Å². The van der Waals surface area contributed by atoms with E-state index in [0.717, 1.165) is 12.0 Å². The molecule has 0 aliphatic heterocycles. The van der Waals surface area contributed by atoms with E-state index in [9.17, 15) is 5.11 Å². The number of rotatable bonds is 0. The van der Waals surface area contributed by atoms with Gasteiger partial charge in [-0.15, -0.1) is 0 Å². The van der Waals surface area contributed by atoms with Gasteiger partial charge in [-0.1, -0.05) is 36.4 Å². The van der Waals surface area contributed by atoms with Gasteiger partial charge in [-0.2, -0.15) is 0 Å². The Morgan fingerprint density at radius 2 is 1.86 bits per heavy atom. The molecular weight excluding hydrogens is 172 g/mol. The molecule has 1 unspecified atom stereocenters. The van der Waals surface area contributed by atoms with Gasteiger partial charge in [-0.05, 0) is 28.8 Å². The third kappa shape index (κ3) is 0.878. The van der Waals surface area contributed by atoms with Crippen LogP contribution in [0.4, 0.5) is 0 Å². The summed E-state index contributed by atoms with van der Waals surface area (Å²) in [5.74, 6) is 0. The Bertz CT molecular complexity index is 506.